The summed E-state index contributed by atoms with van der Waals surface area (Å²) in [6, 6.07) is 13.1. The highest BCUT2D eigenvalue weighted by Gasteiger charge is 2.15. The number of rotatable bonds is 6. The number of nitrogens with zero attached hydrogens (tertiary/aromatic N) is 3. The average molecular weight is 395 g/mol. The number of oxazole rings is 1. The van der Waals surface area contributed by atoms with Crippen molar-refractivity contribution in [2.24, 2.45) is 0 Å². The number of aromatic nitrogens is 3. The third-order valence-electron chi connectivity index (χ3n) is 3.95. The second kappa shape index (κ2) is 7.93. The van der Waals surface area contributed by atoms with E-state index in [2.05, 4.69) is 19.9 Å². The van der Waals surface area contributed by atoms with Gasteiger partial charge in [-0.15, -0.1) is 0 Å². The number of methoxy groups -OCH3 is 1. The molecule has 4 aromatic rings. The van der Waals surface area contributed by atoms with Crippen molar-refractivity contribution in [3.63, 3.8) is 0 Å². The van der Waals surface area contributed by atoms with Crippen molar-refractivity contribution in [3.8, 4) is 28.6 Å². The predicted octanol–water partition coefficient (Wildman–Crippen LogP) is 3.90. The van der Waals surface area contributed by atoms with E-state index in [1.54, 1.807) is 42.5 Å². The number of hydrogen-bond acceptors (Lipinski definition) is 8. The molecule has 8 nitrogen and oxygen atoms in total. The molecule has 0 aliphatic carbocycles. The molecule has 9 heteroatoms. The minimum Gasteiger partial charge on any atom is -0.484 e. The largest absolute Gasteiger partial charge is 0.484 e. The van der Waals surface area contributed by atoms with Crippen molar-refractivity contribution >= 4 is 5.97 Å². The van der Waals surface area contributed by atoms with Crippen molar-refractivity contribution in [1.82, 2.24) is 15.1 Å². The lowest BCUT2D eigenvalue weighted by Crippen LogP contribution is -2.02. The molecule has 0 bridgehead atoms. The van der Waals surface area contributed by atoms with Crippen LogP contribution in [0.15, 0.2) is 63.7 Å². The summed E-state index contributed by atoms with van der Waals surface area (Å²) in [5.41, 5.74) is 0.987. The molecular formula is C20H14FN3O5. The SMILES string of the molecule is COC(=O)c1coc(COc2ccc(-c3noc(-c4ccccc4F)n3)cc2)n1. The van der Waals surface area contributed by atoms with Crippen LogP contribution in [0.25, 0.3) is 22.8 Å². The van der Waals surface area contributed by atoms with Gasteiger partial charge in [-0.3, -0.25) is 0 Å². The van der Waals surface area contributed by atoms with Gasteiger partial charge in [0.2, 0.25) is 11.7 Å². The number of carbonyl (C=O) groups excluding carboxylic acids is 1. The monoisotopic (exact) mass is 395 g/mol. The number of esters is 1. The topological polar surface area (TPSA) is 100 Å². The van der Waals surface area contributed by atoms with Gasteiger partial charge >= 0.3 is 5.97 Å². The fourth-order valence-corrected chi connectivity index (χ4v) is 2.51. The van der Waals surface area contributed by atoms with Gasteiger partial charge in [-0.1, -0.05) is 17.3 Å². The Kier molecular flexibility index (Phi) is 5.02. The predicted molar refractivity (Wildman–Crippen MR) is 97.3 cm³/mol. The molecule has 0 radical (unpaired) electrons. The summed E-state index contributed by atoms with van der Waals surface area (Å²) in [7, 11) is 1.26. The standard InChI is InChI=1S/C20H14FN3O5/c1-26-20(25)16-10-28-17(22-16)11-27-13-8-6-12(7-9-13)18-23-19(29-24-18)14-4-2-3-5-15(14)21/h2-10H,11H2,1H3. The number of carbonyl (C=O) groups is 1. The summed E-state index contributed by atoms with van der Waals surface area (Å²) in [6.45, 7) is 0.0377. The van der Waals surface area contributed by atoms with E-state index in [9.17, 15) is 9.18 Å². The lowest BCUT2D eigenvalue weighted by atomic mass is 10.2. The maximum absolute atomic E-state index is 13.8. The molecule has 0 amide bonds. The van der Waals surface area contributed by atoms with E-state index in [0.717, 1.165) is 0 Å². The van der Waals surface area contributed by atoms with E-state index < -0.39 is 11.8 Å². The van der Waals surface area contributed by atoms with Crippen LogP contribution in [0.2, 0.25) is 0 Å². The van der Waals surface area contributed by atoms with Crippen LogP contribution in [0, 0.1) is 5.82 Å². The summed E-state index contributed by atoms with van der Waals surface area (Å²) in [5, 5.41) is 3.89. The summed E-state index contributed by atoms with van der Waals surface area (Å²) in [4.78, 5) is 19.6. The second-order valence-corrected chi connectivity index (χ2v) is 5.83. The Labute approximate surface area is 163 Å². The first-order valence-electron chi connectivity index (χ1n) is 8.48. The van der Waals surface area contributed by atoms with Crippen molar-refractivity contribution in [1.29, 1.82) is 0 Å². The van der Waals surface area contributed by atoms with Gasteiger partial charge in [-0.05, 0) is 36.4 Å². The molecule has 4 rings (SSSR count). The Morgan fingerprint density at radius 3 is 2.66 bits per heavy atom. The van der Waals surface area contributed by atoms with Crippen LogP contribution >= 0.6 is 0 Å². The van der Waals surface area contributed by atoms with E-state index in [1.807, 2.05) is 0 Å². The van der Waals surface area contributed by atoms with Gasteiger partial charge in [-0.25, -0.2) is 14.2 Å². The normalized spacial score (nSPS) is 10.7. The molecule has 146 valence electrons. The Balaban J connectivity index is 1.43. The fourth-order valence-electron chi connectivity index (χ4n) is 2.51. The van der Waals surface area contributed by atoms with Crippen molar-refractivity contribution in [2.45, 2.75) is 6.61 Å². The van der Waals surface area contributed by atoms with E-state index in [-0.39, 0.29) is 29.6 Å². The summed E-state index contributed by atoms with van der Waals surface area (Å²) in [6.07, 6.45) is 1.21. The Hall–Kier alpha value is -4.01. The lowest BCUT2D eigenvalue weighted by Gasteiger charge is -2.03. The smallest absolute Gasteiger partial charge is 0.360 e. The molecule has 0 aliphatic rings. The molecule has 2 aromatic carbocycles. The third kappa shape index (κ3) is 3.98. The number of ether oxygens (including phenoxy) is 2. The molecule has 0 spiro atoms. The van der Waals surface area contributed by atoms with E-state index in [0.29, 0.717) is 17.1 Å². The van der Waals surface area contributed by atoms with Crippen molar-refractivity contribution in [2.75, 3.05) is 7.11 Å². The average Bonchev–Trinajstić information content (AvgIpc) is 3.42. The zero-order chi connectivity index (χ0) is 20.2. The first kappa shape index (κ1) is 18.4. The van der Waals surface area contributed by atoms with Crippen LogP contribution in [0.3, 0.4) is 0 Å². The van der Waals surface area contributed by atoms with Crippen LogP contribution in [0.1, 0.15) is 16.4 Å². The van der Waals surface area contributed by atoms with E-state index >= 15 is 0 Å². The minimum absolute atomic E-state index is 0.0377. The van der Waals surface area contributed by atoms with Gasteiger partial charge in [0, 0.05) is 5.56 Å². The molecule has 0 unspecified atom stereocenters. The molecule has 0 saturated heterocycles. The van der Waals surface area contributed by atoms with Gasteiger partial charge in [-0.2, -0.15) is 4.98 Å². The van der Waals surface area contributed by atoms with E-state index in [4.69, 9.17) is 13.7 Å². The molecule has 0 N–H and O–H groups in total. The highest BCUT2D eigenvalue weighted by Crippen LogP contribution is 2.25. The molecular weight excluding hydrogens is 381 g/mol. The maximum Gasteiger partial charge on any atom is 0.360 e. The van der Waals surface area contributed by atoms with Crippen LogP contribution < -0.4 is 4.74 Å². The zero-order valence-electron chi connectivity index (χ0n) is 15.2. The Morgan fingerprint density at radius 1 is 1.10 bits per heavy atom. The van der Waals surface area contributed by atoms with Gasteiger partial charge in [0.25, 0.3) is 5.89 Å². The first-order valence-corrected chi connectivity index (χ1v) is 8.48. The molecule has 0 atom stereocenters. The fraction of sp³-hybridized carbons (Fsp3) is 0.100. The minimum atomic E-state index is -0.584. The summed E-state index contributed by atoms with van der Waals surface area (Å²) < 4.78 is 34.3. The quantitative estimate of drug-likeness (QED) is 0.453. The third-order valence-corrected chi connectivity index (χ3v) is 3.95. The molecule has 2 aromatic heterocycles. The number of benzene rings is 2. The maximum atomic E-state index is 13.8. The molecule has 2 heterocycles. The Morgan fingerprint density at radius 2 is 1.90 bits per heavy atom. The molecule has 0 saturated carbocycles. The Bertz CT molecular complexity index is 1140. The van der Waals surface area contributed by atoms with Gasteiger partial charge in [0.15, 0.2) is 12.3 Å². The molecule has 0 aliphatic heterocycles. The number of hydrogen-bond donors (Lipinski definition) is 0. The molecule has 0 fully saturated rings. The second-order valence-electron chi connectivity index (χ2n) is 5.83. The first-order chi connectivity index (χ1) is 14.1. The highest BCUT2D eigenvalue weighted by atomic mass is 19.1. The van der Waals surface area contributed by atoms with Crippen molar-refractivity contribution in [3.05, 3.63) is 72.2 Å². The van der Waals surface area contributed by atoms with Crippen LogP contribution in [0.4, 0.5) is 4.39 Å². The number of halogens is 1. The van der Waals surface area contributed by atoms with E-state index in [1.165, 1.54) is 19.4 Å². The van der Waals surface area contributed by atoms with Gasteiger partial charge in [0.05, 0.1) is 12.7 Å². The van der Waals surface area contributed by atoms with Gasteiger partial charge < -0.3 is 18.4 Å². The van der Waals surface area contributed by atoms with Gasteiger partial charge in [0.1, 0.15) is 17.8 Å². The zero-order valence-corrected chi connectivity index (χ0v) is 15.2. The van der Waals surface area contributed by atoms with Crippen LogP contribution in [-0.2, 0) is 11.3 Å². The molecule has 29 heavy (non-hydrogen) atoms. The summed E-state index contributed by atoms with van der Waals surface area (Å²) in [5.74, 6) is 0.188. The summed E-state index contributed by atoms with van der Waals surface area (Å²) >= 11 is 0. The van der Waals surface area contributed by atoms with Crippen LogP contribution in [0.5, 0.6) is 5.75 Å². The van der Waals surface area contributed by atoms with Crippen LogP contribution in [-0.4, -0.2) is 28.2 Å². The highest BCUT2D eigenvalue weighted by molar-refractivity contribution is 5.86. The lowest BCUT2D eigenvalue weighted by molar-refractivity contribution is 0.0594. The van der Waals surface area contributed by atoms with Crippen molar-refractivity contribution < 1.29 is 27.6 Å².